The molecule has 1 saturated heterocycles. The lowest BCUT2D eigenvalue weighted by Crippen LogP contribution is -2.65. The molecule has 1 fully saturated rings. The Morgan fingerprint density at radius 2 is 1.55 bits per heavy atom. The Bertz CT molecular complexity index is 1330. The topological polar surface area (TPSA) is 144 Å². The molecule has 1 heterocycles. The lowest BCUT2D eigenvalue weighted by Gasteiger charge is -2.37. The van der Waals surface area contributed by atoms with Gasteiger partial charge in [0.15, 0.2) is 6.04 Å². The maximum absolute atomic E-state index is 13.1. The molecular weight excluding hydrogens is 428 g/mol. The van der Waals surface area contributed by atoms with Crippen molar-refractivity contribution in [3.05, 3.63) is 65.7 Å². The molecular formula is C24H20N2O7. The summed E-state index contributed by atoms with van der Waals surface area (Å²) in [6.07, 6.45) is 2.57. The molecule has 0 aromatic heterocycles. The van der Waals surface area contributed by atoms with E-state index in [0.717, 1.165) is 38.1 Å². The summed E-state index contributed by atoms with van der Waals surface area (Å²) in [5.41, 5.74) is 1.00. The van der Waals surface area contributed by atoms with Crippen molar-refractivity contribution < 1.29 is 34.5 Å². The average molecular weight is 448 g/mol. The first-order valence-corrected chi connectivity index (χ1v) is 10.1. The lowest BCUT2D eigenvalue weighted by molar-refractivity contribution is -0.152. The molecule has 1 aliphatic heterocycles. The smallest absolute Gasteiger partial charge is 0.328 e. The maximum atomic E-state index is 13.1. The van der Waals surface area contributed by atoms with Crippen LogP contribution in [0.3, 0.4) is 0 Å². The molecule has 0 radical (unpaired) electrons. The van der Waals surface area contributed by atoms with Crippen LogP contribution in [0.25, 0.3) is 27.6 Å². The zero-order valence-corrected chi connectivity index (χ0v) is 17.3. The van der Waals surface area contributed by atoms with Gasteiger partial charge in [0.05, 0.1) is 0 Å². The number of rotatable bonds is 5. The minimum Gasteiger partial charge on any atom is -0.480 e. The number of nitrogens with one attached hydrogen (secondary N) is 1. The van der Waals surface area contributed by atoms with E-state index in [9.17, 15) is 29.4 Å². The molecule has 2 atom stereocenters. The number of amides is 1. The number of aliphatic carboxylic acids is 3. The first-order chi connectivity index (χ1) is 15.8. The fraction of sp³-hybridized carbons (Fsp3) is 0.167. The Morgan fingerprint density at radius 1 is 0.879 bits per heavy atom. The highest BCUT2D eigenvalue weighted by molar-refractivity contribution is 6.10. The zero-order chi connectivity index (χ0) is 23.7. The van der Waals surface area contributed by atoms with Gasteiger partial charge in [-0.3, -0.25) is 9.59 Å². The summed E-state index contributed by atoms with van der Waals surface area (Å²) >= 11 is 0. The number of hydrogen-bond donors (Lipinski definition) is 4. The molecule has 9 heteroatoms. The van der Waals surface area contributed by atoms with Crippen molar-refractivity contribution in [3.63, 3.8) is 0 Å². The summed E-state index contributed by atoms with van der Waals surface area (Å²) in [5.74, 6) is -4.30. The molecule has 1 aliphatic rings. The van der Waals surface area contributed by atoms with E-state index >= 15 is 0 Å². The summed E-state index contributed by atoms with van der Waals surface area (Å²) in [6.45, 7) is 0.241. The summed E-state index contributed by atoms with van der Waals surface area (Å²) in [5, 5.41) is 33.8. The fourth-order valence-electron chi connectivity index (χ4n) is 4.16. The van der Waals surface area contributed by atoms with Crippen LogP contribution in [0, 0.1) is 0 Å². The number of carbonyl (C=O) groups excluding carboxylic acids is 1. The summed E-state index contributed by atoms with van der Waals surface area (Å²) in [7, 11) is 0. The third-order valence-corrected chi connectivity index (χ3v) is 5.67. The van der Waals surface area contributed by atoms with E-state index in [-0.39, 0.29) is 18.7 Å². The predicted molar refractivity (Wildman–Crippen MR) is 120 cm³/mol. The Morgan fingerprint density at radius 3 is 2.18 bits per heavy atom. The Kier molecular flexibility index (Phi) is 5.80. The van der Waals surface area contributed by atoms with Crippen LogP contribution in [-0.2, 0) is 14.4 Å². The molecule has 9 nitrogen and oxygen atoms in total. The predicted octanol–water partition coefficient (Wildman–Crippen LogP) is 2.04. The van der Waals surface area contributed by atoms with Crippen LogP contribution in [0.15, 0.2) is 54.6 Å². The van der Waals surface area contributed by atoms with Crippen LogP contribution in [-0.4, -0.2) is 69.2 Å². The van der Waals surface area contributed by atoms with Gasteiger partial charge in [0.25, 0.3) is 5.91 Å². The second-order valence-electron chi connectivity index (χ2n) is 7.71. The van der Waals surface area contributed by atoms with E-state index in [0.29, 0.717) is 0 Å². The van der Waals surface area contributed by atoms with Crippen molar-refractivity contribution in [1.29, 1.82) is 0 Å². The van der Waals surface area contributed by atoms with Gasteiger partial charge in [0.1, 0.15) is 6.04 Å². The zero-order valence-electron chi connectivity index (χ0n) is 17.3. The number of piperazine rings is 1. The van der Waals surface area contributed by atoms with Crippen molar-refractivity contribution >= 4 is 51.4 Å². The van der Waals surface area contributed by atoms with Gasteiger partial charge in [-0.25, -0.2) is 9.59 Å². The first-order valence-electron chi connectivity index (χ1n) is 10.1. The molecule has 2 unspecified atom stereocenters. The van der Waals surface area contributed by atoms with Crippen molar-refractivity contribution in [3.8, 4) is 0 Å². The minimum atomic E-state index is -1.52. The van der Waals surface area contributed by atoms with Crippen LogP contribution < -0.4 is 5.32 Å². The van der Waals surface area contributed by atoms with Gasteiger partial charge in [-0.05, 0) is 51.4 Å². The SMILES string of the molecule is O=C(O)/C=C/c1ccc2c(ccc3cc(C(=O)N4CCNC(C(=O)O)C4C(=O)O)ccc32)c1. The van der Waals surface area contributed by atoms with Crippen molar-refractivity contribution in [2.75, 3.05) is 13.1 Å². The fourth-order valence-corrected chi connectivity index (χ4v) is 4.16. The van der Waals surface area contributed by atoms with E-state index in [1.807, 2.05) is 24.3 Å². The van der Waals surface area contributed by atoms with Crippen LogP contribution in [0.4, 0.5) is 0 Å². The largest absolute Gasteiger partial charge is 0.480 e. The highest BCUT2D eigenvalue weighted by atomic mass is 16.4. The second kappa shape index (κ2) is 8.71. The van der Waals surface area contributed by atoms with Gasteiger partial charge in [-0.15, -0.1) is 0 Å². The number of carbonyl (C=O) groups is 4. The molecule has 0 bridgehead atoms. The lowest BCUT2D eigenvalue weighted by atomic mass is 9.97. The molecule has 0 saturated carbocycles. The normalized spacial score (nSPS) is 18.6. The third-order valence-electron chi connectivity index (χ3n) is 5.67. The quantitative estimate of drug-likeness (QED) is 0.343. The number of nitrogens with zero attached hydrogens (tertiary/aromatic N) is 1. The van der Waals surface area contributed by atoms with E-state index in [1.54, 1.807) is 24.3 Å². The van der Waals surface area contributed by atoms with E-state index < -0.39 is 35.9 Å². The molecule has 0 spiro atoms. The molecule has 4 rings (SSSR count). The summed E-state index contributed by atoms with van der Waals surface area (Å²) in [4.78, 5) is 48.2. The van der Waals surface area contributed by atoms with Crippen LogP contribution >= 0.6 is 0 Å². The molecule has 3 aromatic carbocycles. The number of carboxylic acid groups (broad SMARTS) is 3. The van der Waals surface area contributed by atoms with Crippen LogP contribution in [0.1, 0.15) is 15.9 Å². The third kappa shape index (κ3) is 4.26. The van der Waals surface area contributed by atoms with Gasteiger partial charge in [-0.1, -0.05) is 30.3 Å². The minimum absolute atomic E-state index is 0.0714. The van der Waals surface area contributed by atoms with Crippen molar-refractivity contribution in [2.45, 2.75) is 12.1 Å². The monoisotopic (exact) mass is 448 g/mol. The molecule has 3 aromatic rings. The highest BCUT2D eigenvalue weighted by Crippen LogP contribution is 2.28. The van der Waals surface area contributed by atoms with Crippen LogP contribution in [0.2, 0.25) is 0 Å². The van der Waals surface area contributed by atoms with E-state index in [1.165, 1.54) is 6.08 Å². The summed E-state index contributed by atoms with van der Waals surface area (Å²) in [6, 6.07) is 11.3. The van der Waals surface area contributed by atoms with Gasteiger partial charge < -0.3 is 25.5 Å². The number of benzene rings is 3. The highest BCUT2D eigenvalue weighted by Gasteiger charge is 2.43. The Balaban J connectivity index is 1.70. The number of carboxylic acids is 3. The van der Waals surface area contributed by atoms with Crippen molar-refractivity contribution in [2.24, 2.45) is 0 Å². The first kappa shape index (κ1) is 22.0. The van der Waals surface area contributed by atoms with Gasteiger partial charge in [0, 0.05) is 24.7 Å². The molecule has 1 amide bonds. The van der Waals surface area contributed by atoms with E-state index in [2.05, 4.69) is 5.32 Å². The molecule has 33 heavy (non-hydrogen) atoms. The number of hydrogen-bond acceptors (Lipinski definition) is 5. The van der Waals surface area contributed by atoms with Gasteiger partial charge >= 0.3 is 17.9 Å². The average Bonchev–Trinajstić information content (AvgIpc) is 2.80. The molecule has 168 valence electrons. The van der Waals surface area contributed by atoms with E-state index in [4.69, 9.17) is 5.11 Å². The molecule has 0 aliphatic carbocycles. The Labute approximate surface area is 187 Å². The maximum Gasteiger partial charge on any atom is 0.328 e. The van der Waals surface area contributed by atoms with Crippen molar-refractivity contribution in [1.82, 2.24) is 10.2 Å². The molecule has 4 N–H and O–H groups in total. The van der Waals surface area contributed by atoms with Gasteiger partial charge in [-0.2, -0.15) is 0 Å². The summed E-state index contributed by atoms with van der Waals surface area (Å²) < 4.78 is 0. The second-order valence-corrected chi connectivity index (χ2v) is 7.71. The van der Waals surface area contributed by atoms with Gasteiger partial charge in [0.2, 0.25) is 0 Å². The standard InChI is InChI=1S/C24H20N2O7/c27-19(28)8-2-13-1-6-17-14(11-13)3-4-15-12-16(5-7-18(15)17)22(29)26-10-9-25-20(23(30)31)21(26)24(32)33/h1-8,11-12,20-21,25H,9-10H2,(H,27,28)(H,30,31)(H,32,33)/b8-2+. The Hall–Kier alpha value is -4.24. The van der Waals surface area contributed by atoms with Crippen LogP contribution in [0.5, 0.6) is 0 Å². The number of fused-ring (bicyclic) bond motifs is 3.